The number of anilines is 1. The molecule has 0 aliphatic carbocycles. The maximum atomic E-state index is 12.1. The Morgan fingerprint density at radius 3 is 3.19 bits per heavy atom. The predicted octanol–water partition coefficient (Wildman–Crippen LogP) is 1.34. The lowest BCUT2D eigenvalue weighted by atomic mass is 9.97. The van der Waals surface area contributed by atoms with Crippen LogP contribution in [0.1, 0.15) is 12.2 Å². The van der Waals surface area contributed by atoms with Crippen LogP contribution in [0.25, 0.3) is 0 Å². The first kappa shape index (κ1) is 13.7. The number of nitrogens with one attached hydrogen (secondary N) is 1. The van der Waals surface area contributed by atoms with Gasteiger partial charge in [0.05, 0.1) is 11.9 Å². The molecule has 0 unspecified atom stereocenters. The molecular formula is C14H20N6O. The summed E-state index contributed by atoms with van der Waals surface area (Å²) in [5.41, 5.74) is 0.716. The third-order valence-corrected chi connectivity index (χ3v) is 3.89. The fourth-order valence-corrected chi connectivity index (χ4v) is 2.75. The second-order valence-electron chi connectivity index (χ2n) is 5.61. The van der Waals surface area contributed by atoms with E-state index in [1.165, 1.54) is 0 Å². The van der Waals surface area contributed by atoms with Gasteiger partial charge in [0.1, 0.15) is 5.82 Å². The van der Waals surface area contributed by atoms with Gasteiger partial charge in [-0.05, 0) is 12.3 Å². The van der Waals surface area contributed by atoms with Gasteiger partial charge in [-0.3, -0.25) is 4.68 Å². The summed E-state index contributed by atoms with van der Waals surface area (Å²) in [6.45, 7) is 1.72. The lowest BCUT2D eigenvalue weighted by Crippen LogP contribution is -2.37. The molecule has 1 atom stereocenters. The van der Waals surface area contributed by atoms with Crippen LogP contribution < -0.4 is 5.32 Å². The highest BCUT2D eigenvalue weighted by Crippen LogP contribution is 2.20. The van der Waals surface area contributed by atoms with Gasteiger partial charge in [0.15, 0.2) is 0 Å². The first-order chi connectivity index (χ1) is 10.1. The Balaban J connectivity index is 1.54. The van der Waals surface area contributed by atoms with Crippen LogP contribution in [0.3, 0.4) is 0 Å². The van der Waals surface area contributed by atoms with Crippen molar-refractivity contribution in [3.05, 3.63) is 30.6 Å². The van der Waals surface area contributed by atoms with Gasteiger partial charge in [-0.1, -0.05) is 0 Å². The Morgan fingerprint density at radius 1 is 1.57 bits per heavy atom. The molecule has 0 aromatic carbocycles. The lowest BCUT2D eigenvalue weighted by molar-refractivity contribution is 0.207. The Bertz CT molecular complexity index is 631. The molecule has 1 aliphatic rings. The van der Waals surface area contributed by atoms with E-state index in [0.29, 0.717) is 11.6 Å². The predicted molar refractivity (Wildman–Crippen MR) is 78.9 cm³/mol. The number of hydrogen-bond acceptors (Lipinski definition) is 3. The van der Waals surface area contributed by atoms with E-state index in [1.54, 1.807) is 22.0 Å². The van der Waals surface area contributed by atoms with Crippen LogP contribution in [0.5, 0.6) is 0 Å². The van der Waals surface area contributed by atoms with E-state index in [2.05, 4.69) is 20.0 Å². The van der Waals surface area contributed by atoms with Crippen molar-refractivity contribution in [3.8, 4) is 0 Å². The number of rotatable bonds is 3. The summed E-state index contributed by atoms with van der Waals surface area (Å²) in [4.78, 5) is 18.2. The van der Waals surface area contributed by atoms with Gasteiger partial charge in [-0.25, -0.2) is 9.78 Å². The smallest absolute Gasteiger partial charge is 0.321 e. The van der Waals surface area contributed by atoms with Gasteiger partial charge in [0.25, 0.3) is 0 Å². The minimum Gasteiger partial charge on any atom is -0.335 e. The Labute approximate surface area is 123 Å². The summed E-state index contributed by atoms with van der Waals surface area (Å²) in [6, 6.07) is -0.100. The summed E-state index contributed by atoms with van der Waals surface area (Å²) in [5, 5.41) is 6.89. The highest BCUT2D eigenvalue weighted by Gasteiger charge is 2.22. The van der Waals surface area contributed by atoms with Crippen molar-refractivity contribution in [2.45, 2.75) is 19.4 Å². The van der Waals surface area contributed by atoms with E-state index < -0.39 is 0 Å². The zero-order valence-corrected chi connectivity index (χ0v) is 12.4. The Hall–Kier alpha value is -2.31. The molecule has 0 saturated heterocycles. The van der Waals surface area contributed by atoms with Gasteiger partial charge in [-0.2, -0.15) is 5.10 Å². The van der Waals surface area contributed by atoms with Crippen molar-refractivity contribution in [3.63, 3.8) is 0 Å². The fraction of sp³-hybridized carbons (Fsp3) is 0.500. The number of fused-ring (bicyclic) bond motifs is 1. The molecule has 112 valence electrons. The number of carbonyl (C=O) groups is 1. The van der Waals surface area contributed by atoms with Gasteiger partial charge in [0, 0.05) is 52.2 Å². The molecule has 0 radical (unpaired) electrons. The molecule has 0 bridgehead atoms. The SMILES string of the molecule is CN(C[C@H]1CCn2ccnc2C1)C(=O)Nc1cnn(C)c1. The average molecular weight is 288 g/mol. The summed E-state index contributed by atoms with van der Waals surface area (Å²) in [7, 11) is 3.65. The summed E-state index contributed by atoms with van der Waals surface area (Å²) < 4.78 is 3.85. The van der Waals surface area contributed by atoms with Crippen LogP contribution in [-0.2, 0) is 20.0 Å². The second kappa shape index (κ2) is 5.59. The molecule has 3 heterocycles. The van der Waals surface area contributed by atoms with Crippen molar-refractivity contribution in [2.75, 3.05) is 18.9 Å². The average Bonchev–Trinajstić information content (AvgIpc) is 3.07. The van der Waals surface area contributed by atoms with Crippen LogP contribution >= 0.6 is 0 Å². The maximum absolute atomic E-state index is 12.1. The molecule has 2 aromatic heterocycles. The third kappa shape index (κ3) is 3.07. The molecule has 1 N–H and O–H groups in total. The van der Waals surface area contributed by atoms with Crippen LogP contribution in [0.4, 0.5) is 10.5 Å². The molecule has 2 amide bonds. The summed E-state index contributed by atoms with van der Waals surface area (Å²) >= 11 is 0. The molecule has 7 nitrogen and oxygen atoms in total. The molecule has 1 aliphatic heterocycles. The number of aryl methyl sites for hydroxylation is 2. The van der Waals surface area contributed by atoms with Gasteiger partial charge < -0.3 is 14.8 Å². The van der Waals surface area contributed by atoms with Crippen LogP contribution in [0.2, 0.25) is 0 Å². The molecule has 0 fully saturated rings. The fourth-order valence-electron chi connectivity index (χ4n) is 2.75. The van der Waals surface area contributed by atoms with E-state index in [-0.39, 0.29) is 6.03 Å². The number of nitrogens with zero attached hydrogens (tertiary/aromatic N) is 5. The van der Waals surface area contributed by atoms with Gasteiger partial charge >= 0.3 is 6.03 Å². The standard InChI is InChI=1S/C14H20N6O/c1-18(14(21)17-12-8-16-19(2)10-12)9-11-3-5-20-6-4-15-13(20)7-11/h4,6,8,10-11H,3,5,7,9H2,1-2H3,(H,17,21)/t11-/m0/s1. The minimum atomic E-state index is -0.100. The van der Waals surface area contributed by atoms with Gasteiger partial charge in [0.2, 0.25) is 0 Å². The quantitative estimate of drug-likeness (QED) is 0.927. The highest BCUT2D eigenvalue weighted by molar-refractivity contribution is 5.88. The van der Waals surface area contributed by atoms with Crippen LogP contribution in [0.15, 0.2) is 24.8 Å². The number of imidazole rings is 1. The molecule has 3 rings (SSSR count). The molecule has 2 aromatic rings. The van der Waals surface area contributed by atoms with Crippen molar-refractivity contribution < 1.29 is 4.79 Å². The Morgan fingerprint density at radius 2 is 2.43 bits per heavy atom. The zero-order chi connectivity index (χ0) is 14.8. The molecule has 0 saturated carbocycles. The number of aromatic nitrogens is 4. The minimum absolute atomic E-state index is 0.100. The number of amides is 2. The van der Waals surface area contributed by atoms with Crippen molar-refractivity contribution in [1.29, 1.82) is 0 Å². The van der Waals surface area contributed by atoms with E-state index in [9.17, 15) is 4.79 Å². The molecular weight excluding hydrogens is 268 g/mol. The molecule has 7 heteroatoms. The van der Waals surface area contributed by atoms with E-state index in [1.807, 2.05) is 26.5 Å². The summed E-state index contributed by atoms with van der Waals surface area (Å²) in [5.74, 6) is 1.58. The first-order valence-electron chi connectivity index (χ1n) is 7.12. The van der Waals surface area contributed by atoms with Crippen molar-refractivity contribution >= 4 is 11.7 Å². The number of hydrogen-bond donors (Lipinski definition) is 1. The van der Waals surface area contributed by atoms with E-state index in [0.717, 1.165) is 31.8 Å². The largest absolute Gasteiger partial charge is 0.335 e. The lowest BCUT2D eigenvalue weighted by Gasteiger charge is -2.27. The monoisotopic (exact) mass is 288 g/mol. The summed E-state index contributed by atoms with van der Waals surface area (Å²) in [6.07, 6.45) is 9.29. The van der Waals surface area contributed by atoms with E-state index in [4.69, 9.17) is 0 Å². The van der Waals surface area contributed by atoms with Gasteiger partial charge in [-0.15, -0.1) is 0 Å². The highest BCUT2D eigenvalue weighted by atomic mass is 16.2. The first-order valence-corrected chi connectivity index (χ1v) is 7.12. The maximum Gasteiger partial charge on any atom is 0.321 e. The van der Waals surface area contributed by atoms with Crippen molar-refractivity contribution in [1.82, 2.24) is 24.2 Å². The van der Waals surface area contributed by atoms with Crippen LogP contribution in [-0.4, -0.2) is 43.9 Å². The van der Waals surface area contributed by atoms with Crippen molar-refractivity contribution in [2.24, 2.45) is 13.0 Å². The van der Waals surface area contributed by atoms with Crippen LogP contribution in [0, 0.1) is 5.92 Å². The second-order valence-corrected chi connectivity index (χ2v) is 5.61. The normalized spacial score (nSPS) is 17.3. The third-order valence-electron chi connectivity index (χ3n) is 3.89. The number of carbonyl (C=O) groups excluding carboxylic acids is 1. The topological polar surface area (TPSA) is 68.0 Å². The Kier molecular flexibility index (Phi) is 3.64. The number of urea groups is 1. The van der Waals surface area contributed by atoms with E-state index >= 15 is 0 Å². The molecule has 0 spiro atoms. The zero-order valence-electron chi connectivity index (χ0n) is 12.4. The molecule has 21 heavy (non-hydrogen) atoms.